The van der Waals surface area contributed by atoms with Gasteiger partial charge in [-0.25, -0.2) is 9.97 Å². The molecule has 0 aliphatic heterocycles. The minimum Gasteiger partial charge on any atom is -0.383 e. The van der Waals surface area contributed by atoms with Gasteiger partial charge in [-0.1, -0.05) is 12.8 Å². The number of aromatic nitrogens is 2. The van der Waals surface area contributed by atoms with Crippen molar-refractivity contribution in [1.82, 2.24) is 9.97 Å². The molecule has 0 radical (unpaired) electrons. The van der Waals surface area contributed by atoms with E-state index in [0.717, 1.165) is 17.2 Å². The van der Waals surface area contributed by atoms with E-state index in [9.17, 15) is 0 Å². The molecule has 1 aliphatic carbocycles. The molecule has 4 heteroatoms. The van der Waals surface area contributed by atoms with Crippen molar-refractivity contribution in [2.75, 3.05) is 11.1 Å². The zero-order valence-electron chi connectivity index (χ0n) is 10.3. The van der Waals surface area contributed by atoms with E-state index in [-0.39, 0.29) is 5.54 Å². The van der Waals surface area contributed by atoms with Gasteiger partial charge in [0, 0.05) is 11.1 Å². The summed E-state index contributed by atoms with van der Waals surface area (Å²) in [6.45, 7) is 6.10. The summed E-state index contributed by atoms with van der Waals surface area (Å²) in [4.78, 5) is 8.60. The van der Waals surface area contributed by atoms with Crippen molar-refractivity contribution in [3.05, 3.63) is 11.4 Å². The van der Waals surface area contributed by atoms with Crippen LogP contribution in [-0.2, 0) is 0 Å². The SMILES string of the molecule is Cc1nc(N)c(C)c(NC2(C)CCCC2)n1. The Balaban J connectivity index is 2.27. The molecule has 16 heavy (non-hydrogen) atoms. The topological polar surface area (TPSA) is 63.8 Å². The molecule has 1 saturated carbocycles. The molecule has 1 heterocycles. The van der Waals surface area contributed by atoms with Crippen LogP contribution in [0.25, 0.3) is 0 Å². The average molecular weight is 220 g/mol. The van der Waals surface area contributed by atoms with Crippen LogP contribution in [0.15, 0.2) is 0 Å². The molecule has 88 valence electrons. The quantitative estimate of drug-likeness (QED) is 0.803. The highest BCUT2D eigenvalue weighted by Gasteiger charge is 2.29. The Kier molecular flexibility index (Phi) is 2.74. The van der Waals surface area contributed by atoms with E-state index < -0.39 is 0 Å². The van der Waals surface area contributed by atoms with Crippen molar-refractivity contribution in [1.29, 1.82) is 0 Å². The van der Waals surface area contributed by atoms with Crippen LogP contribution in [0.5, 0.6) is 0 Å². The molecular weight excluding hydrogens is 200 g/mol. The average Bonchev–Trinajstić information content (AvgIpc) is 2.61. The molecule has 0 saturated heterocycles. The highest BCUT2D eigenvalue weighted by atomic mass is 15.1. The van der Waals surface area contributed by atoms with Gasteiger partial charge in [0.25, 0.3) is 0 Å². The monoisotopic (exact) mass is 220 g/mol. The highest BCUT2D eigenvalue weighted by Crippen LogP contribution is 2.33. The second kappa shape index (κ2) is 3.92. The van der Waals surface area contributed by atoms with Crippen molar-refractivity contribution in [2.24, 2.45) is 0 Å². The van der Waals surface area contributed by atoms with Crippen LogP contribution in [0.1, 0.15) is 44.0 Å². The first-order valence-corrected chi connectivity index (χ1v) is 5.89. The molecule has 0 atom stereocenters. The Bertz CT molecular complexity index is 394. The van der Waals surface area contributed by atoms with Crippen LogP contribution in [0.4, 0.5) is 11.6 Å². The maximum atomic E-state index is 5.85. The molecular formula is C12H20N4. The third kappa shape index (κ3) is 2.10. The molecule has 2 rings (SSSR count). The second-order valence-electron chi connectivity index (χ2n) is 5.02. The summed E-state index contributed by atoms with van der Waals surface area (Å²) in [5.41, 5.74) is 6.98. The molecule has 3 N–H and O–H groups in total. The summed E-state index contributed by atoms with van der Waals surface area (Å²) >= 11 is 0. The second-order valence-corrected chi connectivity index (χ2v) is 5.02. The van der Waals surface area contributed by atoms with E-state index in [0.29, 0.717) is 5.82 Å². The van der Waals surface area contributed by atoms with Crippen LogP contribution >= 0.6 is 0 Å². The van der Waals surface area contributed by atoms with Crippen molar-refractivity contribution in [2.45, 2.75) is 52.0 Å². The van der Waals surface area contributed by atoms with Crippen molar-refractivity contribution >= 4 is 11.6 Å². The summed E-state index contributed by atoms with van der Waals surface area (Å²) in [6.07, 6.45) is 5.00. The number of hydrogen-bond acceptors (Lipinski definition) is 4. The summed E-state index contributed by atoms with van der Waals surface area (Å²) in [7, 11) is 0. The number of nitrogens with zero attached hydrogens (tertiary/aromatic N) is 2. The predicted molar refractivity (Wildman–Crippen MR) is 66.4 cm³/mol. The van der Waals surface area contributed by atoms with E-state index in [1.54, 1.807) is 0 Å². The minimum absolute atomic E-state index is 0.179. The number of rotatable bonds is 2. The molecule has 4 nitrogen and oxygen atoms in total. The molecule has 1 aromatic heterocycles. The molecule has 1 aromatic rings. The van der Waals surface area contributed by atoms with Gasteiger partial charge in [-0.15, -0.1) is 0 Å². The largest absolute Gasteiger partial charge is 0.383 e. The highest BCUT2D eigenvalue weighted by molar-refractivity contribution is 5.55. The summed E-state index contributed by atoms with van der Waals surface area (Å²) in [5.74, 6) is 2.21. The number of aryl methyl sites for hydroxylation is 1. The fraction of sp³-hybridized carbons (Fsp3) is 0.667. The van der Waals surface area contributed by atoms with Gasteiger partial charge >= 0.3 is 0 Å². The summed E-state index contributed by atoms with van der Waals surface area (Å²) < 4.78 is 0. The Morgan fingerprint density at radius 2 is 1.81 bits per heavy atom. The van der Waals surface area contributed by atoms with E-state index in [4.69, 9.17) is 5.73 Å². The molecule has 0 aromatic carbocycles. The maximum Gasteiger partial charge on any atom is 0.135 e. The van der Waals surface area contributed by atoms with Gasteiger partial charge in [-0.2, -0.15) is 0 Å². The van der Waals surface area contributed by atoms with Crippen LogP contribution in [-0.4, -0.2) is 15.5 Å². The first kappa shape index (κ1) is 11.2. The van der Waals surface area contributed by atoms with Gasteiger partial charge in [0.15, 0.2) is 0 Å². The Hall–Kier alpha value is -1.32. The zero-order valence-corrected chi connectivity index (χ0v) is 10.3. The lowest BCUT2D eigenvalue weighted by molar-refractivity contribution is 0.530. The molecule has 0 amide bonds. The van der Waals surface area contributed by atoms with Crippen LogP contribution in [0.3, 0.4) is 0 Å². The maximum absolute atomic E-state index is 5.85. The minimum atomic E-state index is 0.179. The Morgan fingerprint density at radius 3 is 2.44 bits per heavy atom. The molecule has 0 spiro atoms. The lowest BCUT2D eigenvalue weighted by Gasteiger charge is -2.27. The van der Waals surface area contributed by atoms with Gasteiger partial charge in [0.1, 0.15) is 17.5 Å². The van der Waals surface area contributed by atoms with Crippen LogP contribution < -0.4 is 11.1 Å². The number of nitrogens with one attached hydrogen (secondary N) is 1. The number of nitrogens with two attached hydrogens (primary N) is 1. The standard InChI is InChI=1S/C12H20N4/c1-8-10(13)14-9(2)15-11(8)16-12(3)6-4-5-7-12/h4-7H2,1-3H3,(H3,13,14,15,16). The normalized spacial score (nSPS) is 18.7. The predicted octanol–water partition coefficient (Wildman–Crippen LogP) is 2.42. The number of anilines is 2. The fourth-order valence-corrected chi connectivity index (χ4v) is 2.34. The van der Waals surface area contributed by atoms with Crippen LogP contribution in [0.2, 0.25) is 0 Å². The molecule has 1 aliphatic rings. The Labute approximate surface area is 96.7 Å². The molecule has 1 fully saturated rings. The van der Waals surface area contributed by atoms with E-state index in [2.05, 4.69) is 22.2 Å². The van der Waals surface area contributed by atoms with Gasteiger partial charge in [-0.05, 0) is 33.6 Å². The first-order valence-electron chi connectivity index (χ1n) is 5.89. The smallest absolute Gasteiger partial charge is 0.135 e. The van der Waals surface area contributed by atoms with Gasteiger partial charge in [0.2, 0.25) is 0 Å². The number of hydrogen-bond donors (Lipinski definition) is 2. The van der Waals surface area contributed by atoms with Crippen molar-refractivity contribution < 1.29 is 0 Å². The van der Waals surface area contributed by atoms with E-state index in [1.807, 2.05) is 13.8 Å². The first-order chi connectivity index (χ1) is 7.50. The van der Waals surface area contributed by atoms with Crippen molar-refractivity contribution in [3.63, 3.8) is 0 Å². The lowest BCUT2D eigenvalue weighted by Crippen LogP contribution is -2.32. The fourth-order valence-electron chi connectivity index (χ4n) is 2.34. The van der Waals surface area contributed by atoms with Gasteiger partial charge < -0.3 is 11.1 Å². The number of nitrogen functional groups attached to an aromatic ring is 1. The molecule has 0 bridgehead atoms. The summed E-state index contributed by atoms with van der Waals surface area (Å²) in [5, 5.41) is 3.54. The third-order valence-corrected chi connectivity index (χ3v) is 3.42. The van der Waals surface area contributed by atoms with E-state index >= 15 is 0 Å². The Morgan fingerprint density at radius 1 is 1.19 bits per heavy atom. The zero-order chi connectivity index (χ0) is 11.8. The van der Waals surface area contributed by atoms with Crippen LogP contribution in [0, 0.1) is 13.8 Å². The van der Waals surface area contributed by atoms with Crippen molar-refractivity contribution in [3.8, 4) is 0 Å². The molecule has 0 unspecified atom stereocenters. The van der Waals surface area contributed by atoms with Gasteiger partial charge in [-0.3, -0.25) is 0 Å². The van der Waals surface area contributed by atoms with E-state index in [1.165, 1.54) is 25.7 Å². The summed E-state index contributed by atoms with van der Waals surface area (Å²) in [6, 6.07) is 0. The third-order valence-electron chi connectivity index (χ3n) is 3.42. The lowest BCUT2D eigenvalue weighted by atomic mass is 10.0. The van der Waals surface area contributed by atoms with Gasteiger partial charge in [0.05, 0.1) is 0 Å².